The Bertz CT molecular complexity index is 462. The molecule has 3 rings (SSSR count). The maximum absolute atomic E-state index is 12.4. The molecule has 1 aromatic rings. The van der Waals surface area contributed by atoms with Crippen molar-refractivity contribution in [2.75, 3.05) is 6.61 Å². The highest BCUT2D eigenvalue weighted by atomic mass is 16.5. The normalized spacial score (nSPS) is 28.4. The summed E-state index contributed by atoms with van der Waals surface area (Å²) in [5.41, 5.74) is 1.08. The van der Waals surface area contributed by atoms with Gasteiger partial charge in [-0.25, -0.2) is 0 Å². The Balaban J connectivity index is 1.53. The number of hydrogen-bond donors (Lipinski definition) is 1. The van der Waals surface area contributed by atoms with Gasteiger partial charge in [-0.2, -0.15) is 0 Å². The average molecular weight is 289 g/mol. The topological polar surface area (TPSA) is 49.8 Å². The zero-order valence-electron chi connectivity index (χ0n) is 12.3. The number of aliphatic hydroxyl groups is 1. The molecule has 2 aliphatic rings. The minimum atomic E-state index is -0.241. The number of rotatable bonds is 4. The zero-order chi connectivity index (χ0) is 14.7. The van der Waals surface area contributed by atoms with Crippen LogP contribution < -0.4 is 0 Å². The molecule has 21 heavy (non-hydrogen) atoms. The Labute approximate surface area is 125 Å². The fourth-order valence-corrected chi connectivity index (χ4v) is 3.66. The van der Waals surface area contributed by atoms with Crippen molar-refractivity contribution in [2.45, 2.75) is 56.9 Å². The minimum absolute atomic E-state index is 0.0764. The predicted octanol–water partition coefficient (Wildman–Crippen LogP) is 2.11. The van der Waals surface area contributed by atoms with Gasteiger partial charge in [0.05, 0.1) is 12.7 Å². The van der Waals surface area contributed by atoms with E-state index in [1.807, 2.05) is 35.2 Å². The molecule has 0 aliphatic carbocycles. The van der Waals surface area contributed by atoms with Crippen molar-refractivity contribution in [3.05, 3.63) is 35.9 Å². The number of carbonyl (C=O) groups excluding carboxylic acids is 1. The maximum atomic E-state index is 12.4. The molecule has 0 spiro atoms. The van der Waals surface area contributed by atoms with E-state index in [9.17, 15) is 9.90 Å². The second kappa shape index (κ2) is 6.58. The van der Waals surface area contributed by atoms with Crippen LogP contribution in [0.2, 0.25) is 0 Å². The van der Waals surface area contributed by atoms with Crippen LogP contribution in [0, 0.1) is 0 Å². The van der Waals surface area contributed by atoms with Crippen molar-refractivity contribution in [1.82, 2.24) is 4.90 Å². The molecular formula is C17H23NO3. The maximum Gasteiger partial charge on any atom is 0.249 e. The molecule has 2 fully saturated rings. The molecule has 4 nitrogen and oxygen atoms in total. The Hall–Kier alpha value is -1.39. The summed E-state index contributed by atoms with van der Waals surface area (Å²) in [6.07, 6.45) is 4.39. The third kappa shape index (κ3) is 3.44. The second-order valence-corrected chi connectivity index (χ2v) is 6.14. The van der Waals surface area contributed by atoms with E-state index in [2.05, 4.69) is 0 Å². The summed E-state index contributed by atoms with van der Waals surface area (Å²) in [6.45, 7) is 0.608. The zero-order valence-corrected chi connectivity index (χ0v) is 12.3. The highest BCUT2D eigenvalue weighted by molar-refractivity contribution is 5.78. The van der Waals surface area contributed by atoms with Crippen molar-refractivity contribution in [3.8, 4) is 0 Å². The largest absolute Gasteiger partial charge is 0.393 e. The minimum Gasteiger partial charge on any atom is -0.393 e. The molecule has 2 saturated heterocycles. The van der Waals surface area contributed by atoms with Crippen LogP contribution in [0.1, 0.15) is 37.7 Å². The van der Waals surface area contributed by atoms with Crippen LogP contribution in [-0.4, -0.2) is 40.7 Å². The van der Waals surface area contributed by atoms with Crippen LogP contribution in [0.25, 0.3) is 0 Å². The summed E-state index contributed by atoms with van der Waals surface area (Å²) >= 11 is 0. The number of aliphatic hydroxyl groups excluding tert-OH is 1. The molecule has 0 saturated carbocycles. The molecular weight excluding hydrogens is 266 g/mol. The first-order valence-electron chi connectivity index (χ1n) is 7.85. The molecule has 2 bridgehead atoms. The lowest BCUT2D eigenvalue weighted by Gasteiger charge is -2.47. The molecule has 1 N–H and O–H groups in total. The Morgan fingerprint density at radius 1 is 1.19 bits per heavy atom. The van der Waals surface area contributed by atoms with Crippen molar-refractivity contribution < 1.29 is 14.6 Å². The Morgan fingerprint density at radius 2 is 1.86 bits per heavy atom. The quantitative estimate of drug-likeness (QED) is 0.923. The van der Waals surface area contributed by atoms with Gasteiger partial charge in [0.15, 0.2) is 0 Å². The standard InChI is InChI=1S/C17H23NO3/c19-16-9-14-7-4-8-15(10-16)18(14)17(20)12-21-11-13-5-2-1-3-6-13/h1-3,5-6,14-16,19H,4,7-12H2/t14-,15+,16?. The van der Waals surface area contributed by atoms with Crippen LogP contribution in [0.5, 0.6) is 0 Å². The van der Waals surface area contributed by atoms with E-state index in [1.54, 1.807) is 0 Å². The van der Waals surface area contributed by atoms with E-state index in [0.29, 0.717) is 6.61 Å². The lowest BCUT2D eigenvalue weighted by molar-refractivity contribution is -0.149. The van der Waals surface area contributed by atoms with E-state index in [1.165, 1.54) is 0 Å². The summed E-state index contributed by atoms with van der Waals surface area (Å²) in [7, 11) is 0. The molecule has 3 atom stereocenters. The van der Waals surface area contributed by atoms with Gasteiger partial charge in [0.2, 0.25) is 5.91 Å². The summed E-state index contributed by atoms with van der Waals surface area (Å²) < 4.78 is 5.57. The number of ether oxygens (including phenoxy) is 1. The van der Waals surface area contributed by atoms with Crippen LogP contribution in [0.4, 0.5) is 0 Å². The molecule has 1 amide bonds. The van der Waals surface area contributed by atoms with Crippen LogP contribution in [-0.2, 0) is 16.1 Å². The van der Waals surface area contributed by atoms with E-state index in [0.717, 1.165) is 37.7 Å². The third-order valence-electron chi connectivity index (χ3n) is 4.57. The van der Waals surface area contributed by atoms with Crippen LogP contribution in [0.3, 0.4) is 0 Å². The number of benzene rings is 1. The van der Waals surface area contributed by atoms with Crippen molar-refractivity contribution in [1.29, 1.82) is 0 Å². The molecule has 1 aromatic carbocycles. The first-order chi connectivity index (χ1) is 10.2. The number of amides is 1. The molecule has 1 unspecified atom stereocenters. The highest BCUT2D eigenvalue weighted by Crippen LogP contribution is 2.34. The fourth-order valence-electron chi connectivity index (χ4n) is 3.66. The van der Waals surface area contributed by atoms with Crippen LogP contribution >= 0.6 is 0 Å². The SMILES string of the molecule is O=C(COCc1ccccc1)N1[C@@H]2CCC[C@H]1CC(O)C2. The van der Waals surface area contributed by atoms with Gasteiger partial charge in [-0.15, -0.1) is 0 Å². The van der Waals surface area contributed by atoms with E-state index in [-0.39, 0.29) is 30.7 Å². The smallest absolute Gasteiger partial charge is 0.249 e. The first-order valence-corrected chi connectivity index (χ1v) is 7.85. The van der Waals surface area contributed by atoms with Gasteiger partial charge in [0.25, 0.3) is 0 Å². The van der Waals surface area contributed by atoms with Gasteiger partial charge < -0.3 is 14.7 Å². The summed E-state index contributed by atoms with van der Waals surface area (Å²) in [4.78, 5) is 14.4. The van der Waals surface area contributed by atoms with Crippen LogP contribution in [0.15, 0.2) is 30.3 Å². The number of nitrogens with zero attached hydrogens (tertiary/aromatic N) is 1. The van der Waals surface area contributed by atoms with E-state index in [4.69, 9.17) is 4.74 Å². The van der Waals surface area contributed by atoms with Crippen molar-refractivity contribution >= 4 is 5.91 Å². The average Bonchev–Trinajstić information content (AvgIpc) is 2.47. The Kier molecular flexibility index (Phi) is 4.56. The molecule has 4 heteroatoms. The van der Waals surface area contributed by atoms with Crippen molar-refractivity contribution in [2.24, 2.45) is 0 Å². The predicted molar refractivity (Wildman–Crippen MR) is 79.6 cm³/mol. The monoisotopic (exact) mass is 289 g/mol. The molecule has 114 valence electrons. The van der Waals surface area contributed by atoms with Crippen molar-refractivity contribution in [3.63, 3.8) is 0 Å². The molecule has 2 aliphatic heterocycles. The Morgan fingerprint density at radius 3 is 2.52 bits per heavy atom. The van der Waals surface area contributed by atoms with Gasteiger partial charge in [-0.1, -0.05) is 30.3 Å². The number of hydrogen-bond acceptors (Lipinski definition) is 3. The number of piperidine rings is 2. The molecule has 0 aromatic heterocycles. The molecule has 2 heterocycles. The highest BCUT2D eigenvalue weighted by Gasteiger charge is 2.39. The van der Waals surface area contributed by atoms with E-state index >= 15 is 0 Å². The number of carbonyl (C=O) groups is 1. The van der Waals surface area contributed by atoms with Gasteiger partial charge >= 0.3 is 0 Å². The van der Waals surface area contributed by atoms with Gasteiger partial charge in [0, 0.05) is 12.1 Å². The lowest BCUT2D eigenvalue weighted by atomic mass is 9.83. The van der Waals surface area contributed by atoms with Gasteiger partial charge in [-0.3, -0.25) is 4.79 Å². The van der Waals surface area contributed by atoms with Gasteiger partial charge in [0.1, 0.15) is 6.61 Å². The fraction of sp³-hybridized carbons (Fsp3) is 0.588. The number of fused-ring (bicyclic) bond motifs is 2. The summed E-state index contributed by atoms with van der Waals surface area (Å²) in [6, 6.07) is 10.3. The summed E-state index contributed by atoms with van der Waals surface area (Å²) in [5.74, 6) is 0.0764. The molecule has 0 radical (unpaired) electrons. The first kappa shape index (κ1) is 14.5. The lowest BCUT2D eigenvalue weighted by Crippen LogP contribution is -2.56. The third-order valence-corrected chi connectivity index (χ3v) is 4.57. The summed E-state index contributed by atoms with van der Waals surface area (Å²) in [5, 5.41) is 9.87. The second-order valence-electron chi connectivity index (χ2n) is 6.14. The van der Waals surface area contributed by atoms with Gasteiger partial charge in [-0.05, 0) is 37.7 Å². The van der Waals surface area contributed by atoms with E-state index < -0.39 is 0 Å².